The van der Waals surface area contributed by atoms with Crippen molar-refractivity contribution in [3.05, 3.63) is 47.5 Å². The molecule has 0 heterocycles. The summed E-state index contributed by atoms with van der Waals surface area (Å²) < 4.78 is 86.8. The lowest BCUT2D eigenvalue weighted by Gasteiger charge is -2.22. The maximum atomic E-state index is 13.0. The van der Waals surface area contributed by atoms with Crippen molar-refractivity contribution in [3.8, 4) is 0 Å². The van der Waals surface area contributed by atoms with Crippen LogP contribution in [-0.4, -0.2) is 37.9 Å². The third kappa shape index (κ3) is 6.33. The van der Waals surface area contributed by atoms with Crippen LogP contribution in [0.15, 0.2) is 35.8 Å². The fourth-order valence-corrected chi connectivity index (χ4v) is 2.27. The molecule has 0 aromatic heterocycles. The van der Waals surface area contributed by atoms with Crippen LogP contribution in [0.1, 0.15) is 29.5 Å². The number of ether oxygens (including phenoxy) is 2. The number of carbonyl (C=O) groups is 2. The molecule has 0 N–H and O–H groups in total. The Morgan fingerprint density at radius 3 is 1.90 bits per heavy atom. The summed E-state index contributed by atoms with van der Waals surface area (Å²) in [5, 5.41) is 0. The van der Waals surface area contributed by atoms with Crippen LogP contribution in [0.2, 0.25) is 0 Å². The molecule has 5 nitrogen and oxygen atoms in total. The predicted molar refractivity (Wildman–Crippen MR) is 90.2 cm³/mol. The van der Waals surface area contributed by atoms with Gasteiger partial charge in [0.15, 0.2) is 5.54 Å². The van der Waals surface area contributed by atoms with Crippen LogP contribution in [0, 0.1) is 0 Å². The van der Waals surface area contributed by atoms with Gasteiger partial charge in [0, 0.05) is 12.6 Å². The van der Waals surface area contributed by atoms with E-state index in [4.69, 9.17) is 0 Å². The summed E-state index contributed by atoms with van der Waals surface area (Å²) in [4.78, 5) is 27.3. The van der Waals surface area contributed by atoms with E-state index >= 15 is 0 Å². The first-order valence-electron chi connectivity index (χ1n) is 7.92. The zero-order valence-electron chi connectivity index (χ0n) is 15.4. The number of esters is 2. The minimum absolute atomic E-state index is 0.0321. The Hall–Kier alpha value is -2.85. The topological polar surface area (TPSA) is 65.0 Å². The summed E-state index contributed by atoms with van der Waals surface area (Å²) in [6.45, 7) is 3.41. The predicted octanol–water partition coefficient (Wildman–Crippen LogP) is 4.19. The van der Waals surface area contributed by atoms with Crippen molar-refractivity contribution < 1.29 is 45.4 Å². The lowest BCUT2D eigenvalue weighted by atomic mass is 9.94. The van der Waals surface area contributed by atoms with E-state index in [1.165, 1.54) is 0 Å². The molecule has 1 aromatic carbocycles. The Bertz CT molecular complexity index is 768. The molecule has 0 saturated carbocycles. The molecular weight excluding hydrogens is 408 g/mol. The molecular formula is C18H17F6NO4. The van der Waals surface area contributed by atoms with Crippen LogP contribution in [-0.2, 0) is 31.4 Å². The van der Waals surface area contributed by atoms with Gasteiger partial charge in [-0.15, -0.1) is 6.58 Å². The third-order valence-corrected chi connectivity index (χ3v) is 3.87. The van der Waals surface area contributed by atoms with Crippen LogP contribution in [0.3, 0.4) is 0 Å². The number of alkyl halides is 6. The highest BCUT2D eigenvalue weighted by Gasteiger charge is 2.38. The van der Waals surface area contributed by atoms with E-state index in [1.54, 1.807) is 0 Å². The van der Waals surface area contributed by atoms with Crippen LogP contribution in [0.25, 0.3) is 0 Å². The molecule has 0 spiro atoms. The zero-order valence-corrected chi connectivity index (χ0v) is 15.4. The van der Waals surface area contributed by atoms with E-state index in [0.29, 0.717) is 18.3 Å². The number of methoxy groups -OCH3 is 2. The number of carbonyl (C=O) groups excluding carboxylic acids is 2. The standard InChI is InChI=1S/C18H17F6NO4/c1-4-16(15(27)29-3,6-5-14(26)28-2)25-10-11-7-12(17(19,20)21)9-13(8-11)18(22,23)24/h4,7-10H,1,5-6H2,2-3H3/t16-/m1/s1. The Labute approximate surface area is 162 Å². The first-order chi connectivity index (χ1) is 13.3. The van der Waals surface area contributed by atoms with Gasteiger partial charge in [0.05, 0.1) is 25.3 Å². The van der Waals surface area contributed by atoms with Crippen LogP contribution in [0.4, 0.5) is 26.3 Å². The second-order valence-corrected chi connectivity index (χ2v) is 5.79. The normalized spacial score (nSPS) is 14.3. The van der Waals surface area contributed by atoms with Gasteiger partial charge < -0.3 is 9.47 Å². The van der Waals surface area contributed by atoms with Crippen LogP contribution < -0.4 is 0 Å². The third-order valence-electron chi connectivity index (χ3n) is 3.87. The Kier molecular flexibility index (Phi) is 7.59. The van der Waals surface area contributed by atoms with Gasteiger partial charge in [0.2, 0.25) is 0 Å². The molecule has 0 amide bonds. The Morgan fingerprint density at radius 1 is 1.00 bits per heavy atom. The molecule has 1 rings (SSSR count). The highest BCUT2D eigenvalue weighted by molar-refractivity contribution is 5.89. The molecule has 0 unspecified atom stereocenters. The highest BCUT2D eigenvalue weighted by atomic mass is 19.4. The summed E-state index contributed by atoms with van der Waals surface area (Å²) in [5.41, 5.74) is -5.54. The highest BCUT2D eigenvalue weighted by Crippen LogP contribution is 2.36. The largest absolute Gasteiger partial charge is 0.469 e. The second-order valence-electron chi connectivity index (χ2n) is 5.79. The molecule has 0 aliphatic carbocycles. The number of hydrogen-bond donors (Lipinski definition) is 0. The Morgan fingerprint density at radius 2 is 1.52 bits per heavy atom. The molecule has 160 valence electrons. The summed E-state index contributed by atoms with van der Waals surface area (Å²) >= 11 is 0. The number of halogens is 6. The van der Waals surface area contributed by atoms with Crippen LogP contribution in [0.5, 0.6) is 0 Å². The molecule has 0 saturated heterocycles. The minimum atomic E-state index is -5.04. The first kappa shape index (κ1) is 24.2. The molecule has 0 bridgehead atoms. The number of aliphatic imine (C=N–C) groups is 1. The van der Waals surface area contributed by atoms with Gasteiger partial charge in [0.1, 0.15) is 0 Å². The molecule has 0 fully saturated rings. The SMILES string of the molecule is C=C[C@](CCC(=O)OC)(N=Cc1cc(C(F)(F)F)cc(C(F)(F)F)c1)C(=O)OC. The van der Waals surface area contributed by atoms with Gasteiger partial charge in [0.25, 0.3) is 0 Å². The van der Waals surface area contributed by atoms with Crippen molar-refractivity contribution in [3.63, 3.8) is 0 Å². The van der Waals surface area contributed by atoms with Crippen molar-refractivity contribution in [2.24, 2.45) is 4.99 Å². The molecule has 11 heteroatoms. The molecule has 1 aromatic rings. The van der Waals surface area contributed by atoms with Crippen molar-refractivity contribution in [2.75, 3.05) is 14.2 Å². The number of nitrogens with zero attached hydrogens (tertiary/aromatic N) is 1. The maximum absolute atomic E-state index is 13.0. The molecule has 0 aliphatic rings. The fourth-order valence-electron chi connectivity index (χ4n) is 2.27. The van der Waals surface area contributed by atoms with Crippen molar-refractivity contribution in [2.45, 2.75) is 30.7 Å². The average Bonchev–Trinajstić information content (AvgIpc) is 2.66. The molecule has 29 heavy (non-hydrogen) atoms. The molecule has 0 aliphatic heterocycles. The molecule has 0 radical (unpaired) electrons. The number of rotatable bonds is 7. The smallest absolute Gasteiger partial charge is 0.416 e. The number of benzene rings is 1. The monoisotopic (exact) mass is 425 g/mol. The van der Waals surface area contributed by atoms with Gasteiger partial charge in [-0.1, -0.05) is 6.08 Å². The van der Waals surface area contributed by atoms with Crippen molar-refractivity contribution in [1.82, 2.24) is 0 Å². The van der Waals surface area contributed by atoms with E-state index < -0.39 is 46.5 Å². The van der Waals surface area contributed by atoms with Gasteiger partial charge in [-0.3, -0.25) is 9.79 Å². The van der Waals surface area contributed by atoms with Crippen LogP contribution >= 0.6 is 0 Å². The van der Waals surface area contributed by atoms with E-state index in [9.17, 15) is 35.9 Å². The summed E-state index contributed by atoms with van der Waals surface area (Å²) in [5.74, 6) is -1.72. The summed E-state index contributed by atoms with van der Waals surface area (Å²) in [7, 11) is 2.10. The van der Waals surface area contributed by atoms with E-state index in [1.807, 2.05) is 0 Å². The minimum Gasteiger partial charge on any atom is -0.469 e. The lowest BCUT2D eigenvalue weighted by molar-refractivity contribution is -0.147. The zero-order chi connectivity index (χ0) is 22.5. The van der Waals surface area contributed by atoms with Gasteiger partial charge in [-0.2, -0.15) is 26.3 Å². The van der Waals surface area contributed by atoms with E-state index in [-0.39, 0.29) is 18.9 Å². The lowest BCUT2D eigenvalue weighted by Crippen LogP contribution is -2.36. The number of hydrogen-bond acceptors (Lipinski definition) is 5. The fraction of sp³-hybridized carbons (Fsp3) is 0.389. The van der Waals surface area contributed by atoms with E-state index in [2.05, 4.69) is 21.0 Å². The van der Waals surface area contributed by atoms with Gasteiger partial charge in [-0.25, -0.2) is 4.79 Å². The second kappa shape index (κ2) is 9.10. The van der Waals surface area contributed by atoms with Crippen molar-refractivity contribution >= 4 is 18.2 Å². The quantitative estimate of drug-likeness (QED) is 0.284. The average molecular weight is 425 g/mol. The Balaban J connectivity index is 3.45. The first-order valence-corrected chi connectivity index (χ1v) is 7.92. The maximum Gasteiger partial charge on any atom is 0.416 e. The van der Waals surface area contributed by atoms with Gasteiger partial charge >= 0.3 is 24.3 Å². The van der Waals surface area contributed by atoms with Gasteiger partial charge in [-0.05, 0) is 30.2 Å². The summed E-state index contributed by atoms with van der Waals surface area (Å²) in [6, 6.07) is 0.865. The van der Waals surface area contributed by atoms with Crippen molar-refractivity contribution in [1.29, 1.82) is 0 Å². The van der Waals surface area contributed by atoms with E-state index in [0.717, 1.165) is 20.3 Å². The summed E-state index contributed by atoms with van der Waals surface area (Å²) in [6.07, 6.45) is -9.07. The molecule has 1 atom stereocenters.